The lowest BCUT2D eigenvalue weighted by atomic mass is 9.80. The van der Waals surface area contributed by atoms with Gasteiger partial charge in [-0.15, -0.1) is 0 Å². The predicted octanol–water partition coefficient (Wildman–Crippen LogP) is 3.11. The third-order valence-corrected chi connectivity index (χ3v) is 4.66. The number of benzene rings is 2. The molecule has 1 saturated carbocycles. The topological polar surface area (TPSA) is 79.5 Å². The largest absolute Gasteiger partial charge is 0.481 e. The molecule has 1 fully saturated rings. The van der Waals surface area contributed by atoms with E-state index in [1.165, 1.54) is 0 Å². The van der Waals surface area contributed by atoms with Crippen LogP contribution in [0.4, 0.5) is 0 Å². The van der Waals surface area contributed by atoms with E-state index in [9.17, 15) is 9.59 Å². The number of aliphatic carboxylic acids is 1. The monoisotopic (exact) mass is 323 g/mol. The van der Waals surface area contributed by atoms with Gasteiger partial charge >= 0.3 is 5.97 Å². The van der Waals surface area contributed by atoms with Crippen LogP contribution >= 0.6 is 0 Å². The maximum atomic E-state index is 12.1. The number of furan rings is 1. The molecule has 1 amide bonds. The Bertz CT molecular complexity index is 937. The molecule has 1 aliphatic carbocycles. The molecule has 5 heteroatoms. The minimum atomic E-state index is -0.787. The van der Waals surface area contributed by atoms with Gasteiger partial charge in [0.05, 0.1) is 12.3 Å². The average Bonchev–Trinajstić information content (AvgIpc) is 2.93. The summed E-state index contributed by atoms with van der Waals surface area (Å²) in [6.45, 7) is 0. The van der Waals surface area contributed by atoms with Gasteiger partial charge < -0.3 is 14.8 Å². The van der Waals surface area contributed by atoms with Gasteiger partial charge in [0.2, 0.25) is 5.91 Å². The van der Waals surface area contributed by atoms with Crippen LogP contribution in [0.2, 0.25) is 0 Å². The molecule has 0 atom stereocenters. The minimum Gasteiger partial charge on any atom is -0.481 e. The van der Waals surface area contributed by atoms with Crippen molar-refractivity contribution in [2.45, 2.75) is 25.3 Å². The maximum Gasteiger partial charge on any atom is 0.306 e. The van der Waals surface area contributed by atoms with Crippen LogP contribution in [0.25, 0.3) is 21.7 Å². The number of nitrogens with one attached hydrogen (secondary N) is 1. The van der Waals surface area contributed by atoms with Crippen LogP contribution in [-0.2, 0) is 16.0 Å². The Morgan fingerprint density at radius 2 is 1.92 bits per heavy atom. The first-order chi connectivity index (χ1) is 11.6. The van der Waals surface area contributed by atoms with Crippen LogP contribution in [0.1, 0.15) is 18.6 Å². The number of hydrogen-bond acceptors (Lipinski definition) is 3. The van der Waals surface area contributed by atoms with Crippen LogP contribution in [0.3, 0.4) is 0 Å². The molecule has 1 aliphatic rings. The highest BCUT2D eigenvalue weighted by Crippen LogP contribution is 2.29. The van der Waals surface area contributed by atoms with E-state index in [0.29, 0.717) is 18.6 Å². The van der Waals surface area contributed by atoms with E-state index < -0.39 is 5.97 Å². The summed E-state index contributed by atoms with van der Waals surface area (Å²) in [4.78, 5) is 22.9. The highest BCUT2D eigenvalue weighted by molar-refractivity contribution is 6.06. The fourth-order valence-corrected chi connectivity index (χ4v) is 3.31. The first-order valence-electron chi connectivity index (χ1n) is 8.02. The number of hydrogen-bond donors (Lipinski definition) is 2. The Hall–Kier alpha value is -2.82. The zero-order valence-corrected chi connectivity index (χ0v) is 13.0. The van der Waals surface area contributed by atoms with Crippen molar-refractivity contribution >= 4 is 33.6 Å². The second-order valence-corrected chi connectivity index (χ2v) is 6.36. The van der Waals surface area contributed by atoms with Gasteiger partial charge in [-0.1, -0.05) is 30.3 Å². The first-order valence-corrected chi connectivity index (χ1v) is 8.02. The Morgan fingerprint density at radius 1 is 1.12 bits per heavy atom. The van der Waals surface area contributed by atoms with E-state index >= 15 is 0 Å². The molecule has 0 spiro atoms. The molecular weight excluding hydrogens is 306 g/mol. The summed E-state index contributed by atoms with van der Waals surface area (Å²) in [5, 5.41) is 15.0. The van der Waals surface area contributed by atoms with Crippen molar-refractivity contribution < 1.29 is 19.1 Å². The van der Waals surface area contributed by atoms with Gasteiger partial charge in [0.1, 0.15) is 11.3 Å². The molecule has 0 unspecified atom stereocenters. The van der Waals surface area contributed by atoms with Crippen LogP contribution in [0.5, 0.6) is 0 Å². The van der Waals surface area contributed by atoms with Crippen molar-refractivity contribution in [3.8, 4) is 0 Å². The molecule has 5 nitrogen and oxygen atoms in total. The van der Waals surface area contributed by atoms with Crippen molar-refractivity contribution in [1.29, 1.82) is 0 Å². The Kier molecular flexibility index (Phi) is 3.49. The van der Waals surface area contributed by atoms with Crippen LogP contribution < -0.4 is 5.32 Å². The van der Waals surface area contributed by atoms with E-state index in [4.69, 9.17) is 9.52 Å². The third kappa shape index (κ3) is 2.62. The number of carboxylic acids is 1. The van der Waals surface area contributed by atoms with E-state index in [1.807, 2.05) is 42.5 Å². The molecule has 122 valence electrons. The third-order valence-electron chi connectivity index (χ3n) is 4.66. The molecule has 1 heterocycles. The van der Waals surface area contributed by atoms with Gasteiger partial charge in [-0.2, -0.15) is 0 Å². The maximum absolute atomic E-state index is 12.1. The SMILES string of the molecule is O=C(Cc1cc2c(ccc3ccccc32)o1)NC1CC(C(=O)O)C1. The van der Waals surface area contributed by atoms with Gasteiger partial charge in [0, 0.05) is 11.4 Å². The van der Waals surface area contributed by atoms with E-state index in [2.05, 4.69) is 5.32 Å². The second-order valence-electron chi connectivity index (χ2n) is 6.36. The number of amides is 1. The highest BCUT2D eigenvalue weighted by Gasteiger charge is 2.35. The number of carbonyl (C=O) groups is 2. The summed E-state index contributed by atoms with van der Waals surface area (Å²) in [5.41, 5.74) is 0.770. The number of fused-ring (bicyclic) bond motifs is 3. The summed E-state index contributed by atoms with van der Waals surface area (Å²) < 4.78 is 5.78. The number of rotatable bonds is 4. The molecule has 24 heavy (non-hydrogen) atoms. The van der Waals surface area contributed by atoms with Gasteiger partial charge in [0.25, 0.3) is 0 Å². The van der Waals surface area contributed by atoms with Crippen molar-refractivity contribution in [2.24, 2.45) is 5.92 Å². The Balaban J connectivity index is 1.48. The van der Waals surface area contributed by atoms with Crippen molar-refractivity contribution in [2.75, 3.05) is 0 Å². The lowest BCUT2D eigenvalue weighted by Gasteiger charge is -2.32. The molecule has 0 radical (unpaired) electrons. The predicted molar refractivity (Wildman–Crippen MR) is 89.7 cm³/mol. The molecule has 2 N–H and O–H groups in total. The molecule has 0 aliphatic heterocycles. The first kappa shape index (κ1) is 14.8. The lowest BCUT2D eigenvalue weighted by molar-refractivity contribution is -0.146. The molecule has 3 aromatic rings. The summed E-state index contributed by atoms with van der Waals surface area (Å²) in [6.07, 6.45) is 1.18. The van der Waals surface area contributed by atoms with E-state index in [1.54, 1.807) is 0 Å². The van der Waals surface area contributed by atoms with Crippen LogP contribution in [0, 0.1) is 5.92 Å². The Morgan fingerprint density at radius 3 is 2.71 bits per heavy atom. The summed E-state index contributed by atoms with van der Waals surface area (Å²) in [5.74, 6) is -0.627. The van der Waals surface area contributed by atoms with Crippen molar-refractivity contribution in [1.82, 2.24) is 5.32 Å². The summed E-state index contributed by atoms with van der Waals surface area (Å²) in [7, 11) is 0. The molecule has 2 aromatic carbocycles. The fraction of sp³-hybridized carbons (Fsp3) is 0.263. The quantitative estimate of drug-likeness (QED) is 0.773. The average molecular weight is 323 g/mol. The minimum absolute atomic E-state index is 0.0381. The molecule has 1 aromatic heterocycles. The van der Waals surface area contributed by atoms with Crippen molar-refractivity contribution in [3.63, 3.8) is 0 Å². The molecule has 4 rings (SSSR count). The molecule has 0 bridgehead atoms. The van der Waals surface area contributed by atoms with Gasteiger partial charge in [-0.25, -0.2) is 0 Å². The van der Waals surface area contributed by atoms with Crippen LogP contribution in [-0.4, -0.2) is 23.0 Å². The normalized spacial score (nSPS) is 20.0. The Labute approximate surface area is 138 Å². The number of carboxylic acid groups (broad SMARTS) is 1. The van der Waals surface area contributed by atoms with Gasteiger partial charge in [-0.3, -0.25) is 9.59 Å². The fourth-order valence-electron chi connectivity index (χ4n) is 3.31. The zero-order chi connectivity index (χ0) is 16.7. The van der Waals surface area contributed by atoms with E-state index in [-0.39, 0.29) is 24.3 Å². The number of carbonyl (C=O) groups excluding carboxylic acids is 1. The van der Waals surface area contributed by atoms with Gasteiger partial charge in [-0.05, 0) is 35.7 Å². The molecular formula is C19H17NO4. The highest BCUT2D eigenvalue weighted by atomic mass is 16.4. The standard InChI is InChI=1S/C19H17NO4/c21-18(20-13-7-12(8-13)19(22)23)10-14-9-16-15-4-2-1-3-11(15)5-6-17(16)24-14/h1-6,9,12-13H,7-8,10H2,(H,20,21)(H,22,23). The summed E-state index contributed by atoms with van der Waals surface area (Å²) >= 11 is 0. The zero-order valence-electron chi connectivity index (χ0n) is 13.0. The smallest absolute Gasteiger partial charge is 0.306 e. The van der Waals surface area contributed by atoms with E-state index in [0.717, 1.165) is 21.7 Å². The summed E-state index contributed by atoms with van der Waals surface area (Å²) in [6, 6.07) is 13.9. The second kappa shape index (κ2) is 5.67. The van der Waals surface area contributed by atoms with Gasteiger partial charge in [0.15, 0.2) is 0 Å². The van der Waals surface area contributed by atoms with Crippen LogP contribution in [0.15, 0.2) is 46.9 Å². The lowest BCUT2D eigenvalue weighted by Crippen LogP contribution is -2.47. The molecule has 0 saturated heterocycles. The van der Waals surface area contributed by atoms with Crippen molar-refractivity contribution in [3.05, 3.63) is 48.2 Å².